The molecule has 5 aromatic rings. The van der Waals surface area contributed by atoms with Crippen LogP contribution >= 0.6 is 0 Å². The Kier molecular flexibility index (Phi) is 33.4. The average Bonchev–Trinajstić information content (AvgIpc) is 3.39. The van der Waals surface area contributed by atoms with Crippen LogP contribution in [0.15, 0.2) is 48.5 Å². The normalized spacial score (nSPS) is 11.5. The number of aryl methyl sites for hydroxylation is 1. The highest BCUT2D eigenvalue weighted by molar-refractivity contribution is 6.37. The Balaban J connectivity index is 0.000000604. The second-order valence-electron chi connectivity index (χ2n) is 21.8. The number of amides is 1. The predicted molar refractivity (Wildman–Crippen MR) is 319 cm³/mol. The Labute approximate surface area is 452 Å². The lowest BCUT2D eigenvalue weighted by atomic mass is 9.83. The second kappa shape index (κ2) is 38.5. The predicted octanol–water partition coefficient (Wildman–Crippen LogP) is 15.1. The molecule has 0 heterocycles. The summed E-state index contributed by atoms with van der Waals surface area (Å²) >= 11 is 0. The molecule has 414 valence electrons. The van der Waals surface area contributed by atoms with Crippen molar-refractivity contribution in [3.05, 3.63) is 70.8 Å². The first-order valence-corrected chi connectivity index (χ1v) is 30.9. The summed E-state index contributed by atoms with van der Waals surface area (Å²) < 4.78 is 0. The third-order valence-electron chi connectivity index (χ3n) is 15.3. The zero-order valence-electron chi connectivity index (χ0n) is 49.0. The molecule has 0 spiro atoms. The molecular weight excluding hydrogens is 911 g/mol. The van der Waals surface area contributed by atoms with E-state index >= 15 is 0 Å². The number of carboxylic acid groups (broad SMARTS) is 1. The number of carboxylic acids is 1. The van der Waals surface area contributed by atoms with Gasteiger partial charge in [0.2, 0.25) is 0 Å². The molecule has 0 aliphatic carbocycles. The fraction of sp³-hybridized carbons (Fsp3) is 0.657. The number of carbonyl (C=O) groups excluding carboxylic acids is 3. The van der Waals surface area contributed by atoms with E-state index in [-0.39, 0.29) is 17.3 Å². The monoisotopic (exact) mass is 1020 g/mol. The maximum absolute atomic E-state index is 13.8. The van der Waals surface area contributed by atoms with Crippen LogP contribution in [0, 0.1) is 6.92 Å². The number of carbonyl (C=O) groups is 3. The minimum Gasteiger partial charge on any atom is -0.545 e. The fourth-order valence-corrected chi connectivity index (χ4v) is 11.5. The summed E-state index contributed by atoms with van der Waals surface area (Å²) in [4.78, 5) is 43.6. The zero-order chi connectivity index (χ0) is 53.9. The number of hydrogen-bond donors (Lipinski definition) is 3. The molecule has 7 nitrogen and oxygen atoms in total. The van der Waals surface area contributed by atoms with Crippen molar-refractivity contribution in [2.24, 2.45) is 0 Å². The minimum absolute atomic E-state index is 0.0218. The van der Waals surface area contributed by atoms with Crippen LogP contribution in [0.25, 0.3) is 43.1 Å². The van der Waals surface area contributed by atoms with E-state index in [0.29, 0.717) is 29.5 Å². The van der Waals surface area contributed by atoms with Crippen molar-refractivity contribution in [1.82, 2.24) is 5.32 Å². The van der Waals surface area contributed by atoms with Gasteiger partial charge >= 0.3 is 0 Å². The van der Waals surface area contributed by atoms with E-state index in [1.807, 2.05) is 43.3 Å². The molecule has 0 bridgehead atoms. The topological polar surface area (TPSA) is 95.2 Å². The molecule has 0 saturated heterocycles. The van der Waals surface area contributed by atoms with Gasteiger partial charge in [-0.3, -0.25) is 9.59 Å². The van der Waals surface area contributed by atoms with E-state index in [9.17, 15) is 19.5 Å². The fourth-order valence-electron chi connectivity index (χ4n) is 11.5. The number of nitrogens with one attached hydrogen (secondary N) is 3. The van der Waals surface area contributed by atoms with E-state index in [2.05, 4.69) is 66.8 Å². The molecule has 0 aliphatic rings. The number of rotatable bonds is 38. The largest absolute Gasteiger partial charge is 0.545 e. The number of quaternary nitrogens is 2. The van der Waals surface area contributed by atoms with Crippen LogP contribution in [-0.4, -0.2) is 63.5 Å². The van der Waals surface area contributed by atoms with Crippen LogP contribution in [0.2, 0.25) is 0 Å². The van der Waals surface area contributed by atoms with Crippen molar-refractivity contribution in [2.45, 2.75) is 242 Å². The van der Waals surface area contributed by atoms with Crippen molar-refractivity contribution >= 4 is 60.7 Å². The van der Waals surface area contributed by atoms with Gasteiger partial charge in [0.05, 0.1) is 45.2 Å². The maximum atomic E-state index is 13.8. The average molecular weight is 1020 g/mol. The Hall–Kier alpha value is -4.07. The molecule has 74 heavy (non-hydrogen) atoms. The molecule has 0 radical (unpaired) electrons. The lowest BCUT2D eigenvalue weighted by Crippen LogP contribution is -3.11. The lowest BCUT2D eigenvalue weighted by Gasteiger charge is -2.20. The van der Waals surface area contributed by atoms with Gasteiger partial charge in [0.25, 0.3) is 5.91 Å². The molecule has 0 unspecified atom stereocenters. The zero-order valence-corrected chi connectivity index (χ0v) is 49.0. The highest BCUT2D eigenvalue weighted by Gasteiger charge is 2.23. The summed E-state index contributed by atoms with van der Waals surface area (Å²) in [5.74, 6) is -1.37. The number of ketones is 1. The number of aromatic carboxylic acids is 1. The molecule has 1 amide bonds. The summed E-state index contributed by atoms with van der Waals surface area (Å²) in [7, 11) is 0. The Bertz CT molecular complexity index is 2250. The van der Waals surface area contributed by atoms with Crippen LogP contribution in [0.1, 0.15) is 272 Å². The number of fused-ring (bicyclic) bond motifs is 2. The number of unbranched alkanes of at least 4 members (excludes halogenated alkanes) is 19. The molecule has 5 aromatic carbocycles. The van der Waals surface area contributed by atoms with Gasteiger partial charge in [-0.25, -0.2) is 0 Å². The van der Waals surface area contributed by atoms with E-state index in [4.69, 9.17) is 0 Å². The van der Waals surface area contributed by atoms with Gasteiger partial charge < -0.3 is 25.0 Å². The van der Waals surface area contributed by atoms with Crippen molar-refractivity contribution in [3.63, 3.8) is 0 Å². The van der Waals surface area contributed by atoms with Gasteiger partial charge in [-0.05, 0) is 108 Å². The summed E-state index contributed by atoms with van der Waals surface area (Å²) in [6.45, 7) is 29.0. The van der Waals surface area contributed by atoms with E-state index < -0.39 is 5.97 Å². The molecule has 3 N–H and O–H groups in total. The van der Waals surface area contributed by atoms with Crippen molar-refractivity contribution < 1.29 is 29.3 Å². The number of benzene rings is 5. The third-order valence-corrected chi connectivity index (χ3v) is 15.3. The molecule has 0 aromatic heterocycles. The van der Waals surface area contributed by atoms with Gasteiger partial charge in [0.15, 0.2) is 5.78 Å². The Morgan fingerprint density at radius 1 is 0.378 bits per heavy atom. The van der Waals surface area contributed by atoms with Crippen molar-refractivity contribution in [2.75, 3.05) is 45.8 Å². The van der Waals surface area contributed by atoms with Crippen LogP contribution in [-0.2, 0) is 0 Å². The smallest absolute Gasteiger partial charge is 0.251 e. The minimum atomic E-state index is -1.28. The van der Waals surface area contributed by atoms with Crippen LogP contribution in [0.3, 0.4) is 0 Å². The Morgan fingerprint density at radius 2 is 0.716 bits per heavy atom. The molecular formula is C67H108N3O4+. The van der Waals surface area contributed by atoms with Crippen molar-refractivity contribution in [3.8, 4) is 0 Å². The van der Waals surface area contributed by atoms with Gasteiger partial charge in [-0.2, -0.15) is 0 Å². The Morgan fingerprint density at radius 3 is 1.11 bits per heavy atom. The first-order valence-electron chi connectivity index (χ1n) is 30.9. The summed E-state index contributed by atoms with van der Waals surface area (Å²) in [5.41, 5.74) is 2.18. The van der Waals surface area contributed by atoms with Crippen LogP contribution in [0.5, 0.6) is 0 Å². The SMILES string of the molecule is CCCCCCCCCCCCCC(=O)c1ccc2c3ccc(C)c4c(C(=O)NCCCCCCCCCCCC)ccc(c5ccc(C(=O)[O-])c1c52)c43.CCC[NH+](CCC)CCC.CCC[NH+](CCC)CCC. The van der Waals surface area contributed by atoms with E-state index in [1.165, 1.54) is 181 Å². The second-order valence-corrected chi connectivity index (χ2v) is 21.8. The number of hydrogen-bond acceptors (Lipinski definition) is 4. The molecule has 7 heteroatoms. The van der Waals surface area contributed by atoms with Gasteiger partial charge in [0, 0.05) is 35.0 Å². The lowest BCUT2D eigenvalue weighted by molar-refractivity contribution is -0.900. The summed E-state index contributed by atoms with van der Waals surface area (Å²) in [6.07, 6.45) is 34.2. The van der Waals surface area contributed by atoms with E-state index in [0.717, 1.165) is 75.4 Å². The molecule has 0 saturated carbocycles. The first kappa shape index (κ1) is 64.2. The molecule has 0 fully saturated rings. The summed E-state index contributed by atoms with van der Waals surface area (Å²) in [6, 6.07) is 15.3. The first-order chi connectivity index (χ1) is 36.1. The van der Waals surface area contributed by atoms with E-state index in [1.54, 1.807) is 15.9 Å². The maximum Gasteiger partial charge on any atom is 0.251 e. The quantitative estimate of drug-likeness (QED) is 0.0159. The van der Waals surface area contributed by atoms with Gasteiger partial charge in [-0.15, -0.1) is 0 Å². The van der Waals surface area contributed by atoms with Gasteiger partial charge in [0.1, 0.15) is 0 Å². The van der Waals surface area contributed by atoms with Crippen LogP contribution in [0.4, 0.5) is 0 Å². The molecule has 5 rings (SSSR count). The van der Waals surface area contributed by atoms with Crippen LogP contribution < -0.4 is 20.2 Å². The summed E-state index contributed by atoms with van der Waals surface area (Å²) in [5, 5.41) is 22.6. The van der Waals surface area contributed by atoms with Crippen molar-refractivity contribution in [1.29, 1.82) is 0 Å². The number of Topliss-reactive ketones (excluding diaryl/α,β-unsaturated/α-hetero) is 1. The standard InChI is InChI=1S/C49H65NO4.2C9H21N/c1-4-6-8-10-12-14-16-17-19-21-23-25-43(51)40-31-28-38-36-27-26-35(3)44-41(48(52)50-34-24-22-20-18-15-13-11-9-7-5-2)32-29-37(45(36)44)39-30-33-42(49(53)54)47(40)46(38)39;2*1-4-7-10(8-5-2)9-6-3/h26-33H,4-25,34H2,1-3H3,(H,50,52)(H,53,54);2*4-9H2,1-3H3/p+1. The third kappa shape index (κ3) is 21.2. The van der Waals surface area contributed by atoms with Gasteiger partial charge in [-0.1, -0.05) is 220 Å². The highest BCUT2D eigenvalue weighted by Crippen LogP contribution is 2.44. The molecule has 0 atom stereocenters. The highest BCUT2D eigenvalue weighted by atomic mass is 16.4. The molecule has 0 aliphatic heterocycles.